The van der Waals surface area contributed by atoms with E-state index in [2.05, 4.69) is 10.6 Å². The molecule has 2 N–H and O–H groups in total. The van der Waals surface area contributed by atoms with Crippen LogP contribution in [0.25, 0.3) is 0 Å². The van der Waals surface area contributed by atoms with Crippen LogP contribution in [0, 0.1) is 0 Å². The summed E-state index contributed by atoms with van der Waals surface area (Å²) in [5, 5.41) is 6.11. The largest absolute Gasteiger partial charge is 0.497 e. The Bertz CT molecular complexity index is 439. The number of rotatable bonds is 6. The van der Waals surface area contributed by atoms with Crippen molar-refractivity contribution in [2.45, 2.75) is 37.8 Å². The smallest absolute Gasteiger partial charge is 0.250 e. The summed E-state index contributed by atoms with van der Waals surface area (Å²) in [5.74, 6) is 0.654. The number of ether oxygens (including phenoxy) is 2. The second-order valence-corrected chi connectivity index (χ2v) is 5.35. The van der Waals surface area contributed by atoms with Crippen LogP contribution in [0.5, 0.6) is 5.75 Å². The monoisotopic (exact) mass is 292 g/mol. The maximum Gasteiger partial charge on any atom is 0.250 e. The van der Waals surface area contributed by atoms with E-state index in [4.69, 9.17) is 9.47 Å². The van der Waals surface area contributed by atoms with E-state index in [0.717, 1.165) is 37.1 Å². The molecule has 0 radical (unpaired) electrons. The summed E-state index contributed by atoms with van der Waals surface area (Å²) < 4.78 is 10.8. The van der Waals surface area contributed by atoms with E-state index in [9.17, 15) is 4.79 Å². The van der Waals surface area contributed by atoms with E-state index in [1.54, 1.807) is 7.11 Å². The predicted molar refractivity (Wildman–Crippen MR) is 82.7 cm³/mol. The van der Waals surface area contributed by atoms with Crippen LogP contribution in [-0.2, 0) is 9.53 Å². The Morgan fingerprint density at radius 2 is 1.86 bits per heavy atom. The number of anilines is 1. The molecule has 0 unspecified atom stereocenters. The summed E-state index contributed by atoms with van der Waals surface area (Å²) in [7, 11) is 3.61. The van der Waals surface area contributed by atoms with E-state index in [0.29, 0.717) is 6.04 Å². The van der Waals surface area contributed by atoms with Gasteiger partial charge >= 0.3 is 0 Å². The third kappa shape index (κ3) is 5.02. The van der Waals surface area contributed by atoms with Gasteiger partial charge in [0.05, 0.1) is 13.2 Å². The molecule has 1 aliphatic carbocycles. The minimum atomic E-state index is -0.115. The standard InChI is InChI=1S/C16H24N2O3/c1-17-12-3-9-15(10-4-12)21-11-16(19)18-13-5-7-14(20-2)8-6-13/h5-8,12,15,17H,3-4,9-11H2,1-2H3,(H,18,19). The molecule has 0 aromatic heterocycles. The van der Waals surface area contributed by atoms with Gasteiger partial charge in [0.2, 0.25) is 5.91 Å². The molecule has 0 aliphatic heterocycles. The lowest BCUT2D eigenvalue weighted by Crippen LogP contribution is -2.34. The Kier molecular flexibility index (Phi) is 6.02. The van der Waals surface area contributed by atoms with Crippen LogP contribution in [0.2, 0.25) is 0 Å². The van der Waals surface area contributed by atoms with E-state index in [1.165, 1.54) is 0 Å². The average molecular weight is 292 g/mol. The first-order valence-corrected chi connectivity index (χ1v) is 7.44. The molecule has 1 aromatic rings. The first-order valence-electron chi connectivity index (χ1n) is 7.44. The number of benzene rings is 1. The summed E-state index contributed by atoms with van der Waals surface area (Å²) in [4.78, 5) is 11.9. The summed E-state index contributed by atoms with van der Waals surface area (Å²) in [5.41, 5.74) is 0.753. The molecule has 2 rings (SSSR count). The minimum absolute atomic E-state index is 0.112. The molecular formula is C16H24N2O3. The third-order valence-electron chi connectivity index (χ3n) is 3.91. The van der Waals surface area contributed by atoms with Crippen LogP contribution in [0.3, 0.4) is 0 Å². The molecule has 1 saturated carbocycles. The number of amides is 1. The van der Waals surface area contributed by atoms with Gasteiger partial charge in [0.15, 0.2) is 0 Å². The lowest BCUT2D eigenvalue weighted by molar-refractivity contribution is -0.123. The molecule has 1 amide bonds. The van der Waals surface area contributed by atoms with Gasteiger partial charge in [-0.15, -0.1) is 0 Å². The van der Waals surface area contributed by atoms with E-state index >= 15 is 0 Å². The molecule has 0 spiro atoms. The van der Waals surface area contributed by atoms with Crippen LogP contribution in [0.4, 0.5) is 5.69 Å². The highest BCUT2D eigenvalue weighted by molar-refractivity contribution is 5.91. The molecule has 116 valence electrons. The highest BCUT2D eigenvalue weighted by Crippen LogP contribution is 2.21. The van der Waals surface area contributed by atoms with Crippen molar-refractivity contribution >= 4 is 11.6 Å². The first-order chi connectivity index (χ1) is 10.2. The number of methoxy groups -OCH3 is 1. The van der Waals surface area contributed by atoms with Crippen LogP contribution in [-0.4, -0.2) is 38.8 Å². The summed E-state index contributed by atoms with van der Waals surface area (Å²) in [6, 6.07) is 7.85. The molecule has 5 heteroatoms. The number of carbonyl (C=O) groups is 1. The van der Waals surface area contributed by atoms with Gasteiger partial charge < -0.3 is 20.1 Å². The highest BCUT2D eigenvalue weighted by Gasteiger charge is 2.21. The van der Waals surface area contributed by atoms with E-state index in [1.807, 2.05) is 31.3 Å². The van der Waals surface area contributed by atoms with Gasteiger partial charge in [-0.05, 0) is 57.0 Å². The molecule has 0 atom stereocenters. The Hall–Kier alpha value is -1.59. The SMILES string of the molecule is CNC1CCC(OCC(=O)Nc2ccc(OC)cc2)CC1. The third-order valence-corrected chi connectivity index (χ3v) is 3.91. The van der Waals surface area contributed by atoms with Crippen molar-refractivity contribution in [3.8, 4) is 5.75 Å². The van der Waals surface area contributed by atoms with Crippen molar-refractivity contribution in [2.24, 2.45) is 0 Å². The average Bonchev–Trinajstić information content (AvgIpc) is 2.54. The molecule has 5 nitrogen and oxygen atoms in total. The Morgan fingerprint density at radius 3 is 2.43 bits per heavy atom. The first kappa shape index (κ1) is 15.8. The van der Waals surface area contributed by atoms with Crippen molar-refractivity contribution < 1.29 is 14.3 Å². The van der Waals surface area contributed by atoms with Gasteiger partial charge in [-0.1, -0.05) is 0 Å². The molecular weight excluding hydrogens is 268 g/mol. The van der Waals surface area contributed by atoms with Crippen molar-refractivity contribution in [3.05, 3.63) is 24.3 Å². The zero-order valence-electron chi connectivity index (χ0n) is 12.7. The quantitative estimate of drug-likeness (QED) is 0.844. The van der Waals surface area contributed by atoms with Crippen molar-refractivity contribution in [3.63, 3.8) is 0 Å². The van der Waals surface area contributed by atoms with E-state index < -0.39 is 0 Å². The van der Waals surface area contributed by atoms with Crippen LogP contribution in [0.15, 0.2) is 24.3 Å². The maximum absolute atomic E-state index is 11.9. The van der Waals surface area contributed by atoms with Gasteiger partial charge in [-0.3, -0.25) is 4.79 Å². The number of nitrogens with one attached hydrogen (secondary N) is 2. The van der Waals surface area contributed by atoms with Gasteiger partial charge in [0.25, 0.3) is 0 Å². The summed E-state index contributed by atoms with van der Waals surface area (Å²) in [6.45, 7) is 0.112. The van der Waals surface area contributed by atoms with Gasteiger partial charge in [0.1, 0.15) is 12.4 Å². The zero-order chi connectivity index (χ0) is 15.1. The topological polar surface area (TPSA) is 59.6 Å². The Labute approximate surface area is 126 Å². The van der Waals surface area contributed by atoms with Crippen molar-refractivity contribution in [2.75, 3.05) is 26.1 Å². The molecule has 1 aromatic carbocycles. The van der Waals surface area contributed by atoms with Crippen molar-refractivity contribution in [1.82, 2.24) is 5.32 Å². The fourth-order valence-corrected chi connectivity index (χ4v) is 2.58. The minimum Gasteiger partial charge on any atom is -0.497 e. The van der Waals surface area contributed by atoms with Gasteiger partial charge in [-0.2, -0.15) is 0 Å². The van der Waals surface area contributed by atoms with Crippen LogP contribution in [0.1, 0.15) is 25.7 Å². The second-order valence-electron chi connectivity index (χ2n) is 5.35. The molecule has 1 aliphatic rings. The fraction of sp³-hybridized carbons (Fsp3) is 0.562. The van der Waals surface area contributed by atoms with Gasteiger partial charge in [0, 0.05) is 11.7 Å². The normalized spacial score (nSPS) is 21.8. The van der Waals surface area contributed by atoms with Crippen LogP contribution < -0.4 is 15.4 Å². The summed E-state index contributed by atoms with van der Waals surface area (Å²) >= 11 is 0. The second kappa shape index (κ2) is 8.00. The molecule has 0 saturated heterocycles. The maximum atomic E-state index is 11.9. The van der Waals surface area contributed by atoms with Crippen molar-refractivity contribution in [1.29, 1.82) is 0 Å². The number of hydrogen-bond donors (Lipinski definition) is 2. The predicted octanol–water partition coefficient (Wildman–Crippen LogP) is 2.18. The zero-order valence-corrected chi connectivity index (χ0v) is 12.7. The highest BCUT2D eigenvalue weighted by atomic mass is 16.5. The fourth-order valence-electron chi connectivity index (χ4n) is 2.58. The molecule has 21 heavy (non-hydrogen) atoms. The lowest BCUT2D eigenvalue weighted by atomic mass is 9.93. The lowest BCUT2D eigenvalue weighted by Gasteiger charge is -2.28. The number of hydrogen-bond acceptors (Lipinski definition) is 4. The van der Waals surface area contributed by atoms with E-state index in [-0.39, 0.29) is 18.6 Å². The summed E-state index contributed by atoms with van der Waals surface area (Å²) in [6.07, 6.45) is 4.46. The number of carbonyl (C=O) groups excluding carboxylic acids is 1. The molecule has 0 heterocycles. The Morgan fingerprint density at radius 1 is 1.19 bits per heavy atom. The Balaban J connectivity index is 1.69. The van der Waals surface area contributed by atoms with Gasteiger partial charge in [-0.25, -0.2) is 0 Å². The molecule has 0 bridgehead atoms. The molecule has 1 fully saturated rings. The van der Waals surface area contributed by atoms with Crippen LogP contribution >= 0.6 is 0 Å².